The standard InChI is InChI=1S/C22H23N3O2S/c1-14-5-6-16(13-15(14)2)19-11-12-20(27-19)21(26)24-22(28)23-17-7-9-18(10-8-17)25(3)4/h5-13H,1-4H3,(H2,23,24,26,28). The van der Waals surface area contributed by atoms with Crippen molar-refractivity contribution in [1.29, 1.82) is 0 Å². The number of hydrogen-bond donors (Lipinski definition) is 2. The zero-order valence-corrected chi connectivity index (χ0v) is 17.2. The van der Waals surface area contributed by atoms with Gasteiger partial charge in [0.15, 0.2) is 10.9 Å². The zero-order valence-electron chi connectivity index (χ0n) is 16.4. The second-order valence-corrected chi connectivity index (χ2v) is 7.22. The van der Waals surface area contributed by atoms with Gasteiger partial charge in [-0.25, -0.2) is 0 Å². The van der Waals surface area contributed by atoms with Crippen molar-refractivity contribution >= 4 is 34.6 Å². The van der Waals surface area contributed by atoms with Crippen molar-refractivity contribution in [3.63, 3.8) is 0 Å². The summed E-state index contributed by atoms with van der Waals surface area (Å²) < 4.78 is 5.71. The maximum atomic E-state index is 12.4. The molecule has 0 saturated heterocycles. The topological polar surface area (TPSA) is 57.5 Å². The summed E-state index contributed by atoms with van der Waals surface area (Å²) in [6, 6.07) is 17.2. The average Bonchev–Trinajstić information content (AvgIpc) is 3.14. The van der Waals surface area contributed by atoms with Crippen molar-refractivity contribution in [2.75, 3.05) is 24.3 Å². The number of rotatable bonds is 4. The molecule has 144 valence electrons. The third-order valence-electron chi connectivity index (χ3n) is 4.49. The van der Waals surface area contributed by atoms with E-state index in [0.29, 0.717) is 5.76 Å². The van der Waals surface area contributed by atoms with Gasteiger partial charge in [-0.1, -0.05) is 12.1 Å². The van der Waals surface area contributed by atoms with Gasteiger partial charge in [-0.15, -0.1) is 0 Å². The van der Waals surface area contributed by atoms with Crippen LogP contribution in [0.25, 0.3) is 11.3 Å². The summed E-state index contributed by atoms with van der Waals surface area (Å²) in [7, 11) is 3.95. The molecule has 5 nitrogen and oxygen atoms in total. The number of thiocarbonyl (C=S) groups is 1. The van der Waals surface area contributed by atoms with E-state index >= 15 is 0 Å². The molecule has 2 N–H and O–H groups in total. The molecule has 0 atom stereocenters. The summed E-state index contributed by atoms with van der Waals surface area (Å²) in [5.74, 6) is 0.462. The Bertz CT molecular complexity index is 1010. The molecule has 1 amide bonds. The quantitative estimate of drug-likeness (QED) is 0.626. The van der Waals surface area contributed by atoms with Gasteiger partial charge in [-0.05, 0) is 79.7 Å². The van der Waals surface area contributed by atoms with Crippen LogP contribution in [-0.4, -0.2) is 25.1 Å². The maximum absolute atomic E-state index is 12.4. The first-order valence-electron chi connectivity index (χ1n) is 8.90. The first-order valence-corrected chi connectivity index (χ1v) is 9.31. The molecular weight excluding hydrogens is 370 g/mol. The molecule has 6 heteroatoms. The highest BCUT2D eigenvalue weighted by Gasteiger charge is 2.14. The number of anilines is 2. The lowest BCUT2D eigenvalue weighted by Crippen LogP contribution is -2.33. The number of nitrogens with one attached hydrogen (secondary N) is 2. The second kappa shape index (κ2) is 8.27. The fourth-order valence-electron chi connectivity index (χ4n) is 2.68. The highest BCUT2D eigenvalue weighted by molar-refractivity contribution is 7.80. The maximum Gasteiger partial charge on any atom is 0.293 e. The molecule has 2 aromatic carbocycles. The van der Waals surface area contributed by atoms with Crippen LogP contribution in [0.2, 0.25) is 0 Å². The van der Waals surface area contributed by atoms with E-state index in [2.05, 4.69) is 17.6 Å². The molecule has 3 rings (SSSR count). The molecular formula is C22H23N3O2S. The van der Waals surface area contributed by atoms with Crippen LogP contribution in [0.3, 0.4) is 0 Å². The van der Waals surface area contributed by atoms with E-state index in [9.17, 15) is 4.79 Å². The van der Waals surface area contributed by atoms with Gasteiger partial charge in [0.2, 0.25) is 0 Å². The molecule has 0 spiro atoms. The summed E-state index contributed by atoms with van der Waals surface area (Å²) in [5.41, 5.74) is 5.19. The highest BCUT2D eigenvalue weighted by atomic mass is 32.1. The van der Waals surface area contributed by atoms with Gasteiger partial charge in [0.1, 0.15) is 5.76 Å². The molecule has 0 fully saturated rings. The Morgan fingerprint density at radius 2 is 1.68 bits per heavy atom. The molecule has 3 aromatic rings. The van der Waals surface area contributed by atoms with E-state index in [0.717, 1.165) is 16.9 Å². The Kier molecular flexibility index (Phi) is 5.80. The van der Waals surface area contributed by atoms with Gasteiger partial charge in [0.25, 0.3) is 5.91 Å². The summed E-state index contributed by atoms with van der Waals surface area (Å²) >= 11 is 5.23. The highest BCUT2D eigenvalue weighted by Crippen LogP contribution is 2.24. The predicted molar refractivity (Wildman–Crippen MR) is 118 cm³/mol. The van der Waals surface area contributed by atoms with E-state index in [1.54, 1.807) is 12.1 Å². The molecule has 0 bridgehead atoms. The summed E-state index contributed by atoms with van der Waals surface area (Å²) in [6.45, 7) is 4.10. The molecule has 0 aliphatic heterocycles. The lowest BCUT2D eigenvalue weighted by molar-refractivity contribution is 0.0951. The number of furan rings is 1. The number of carbonyl (C=O) groups is 1. The van der Waals surface area contributed by atoms with Crippen LogP contribution in [0, 0.1) is 13.8 Å². The Morgan fingerprint density at radius 1 is 0.964 bits per heavy atom. The van der Waals surface area contributed by atoms with E-state index in [-0.39, 0.29) is 10.9 Å². The van der Waals surface area contributed by atoms with Crippen LogP contribution in [0.5, 0.6) is 0 Å². The number of hydrogen-bond acceptors (Lipinski definition) is 4. The van der Waals surface area contributed by atoms with Gasteiger partial charge in [0, 0.05) is 31.0 Å². The largest absolute Gasteiger partial charge is 0.451 e. The van der Waals surface area contributed by atoms with Gasteiger partial charge >= 0.3 is 0 Å². The van der Waals surface area contributed by atoms with Crippen LogP contribution < -0.4 is 15.5 Å². The van der Waals surface area contributed by atoms with E-state index in [4.69, 9.17) is 16.6 Å². The van der Waals surface area contributed by atoms with Crippen LogP contribution in [0.1, 0.15) is 21.7 Å². The Labute approximate surface area is 170 Å². The second-order valence-electron chi connectivity index (χ2n) is 6.81. The van der Waals surface area contributed by atoms with Crippen molar-refractivity contribution in [2.45, 2.75) is 13.8 Å². The number of carbonyl (C=O) groups excluding carboxylic acids is 1. The van der Waals surface area contributed by atoms with Crippen LogP contribution in [0.15, 0.2) is 59.0 Å². The normalized spacial score (nSPS) is 10.4. The minimum Gasteiger partial charge on any atom is -0.451 e. The molecule has 1 heterocycles. The lowest BCUT2D eigenvalue weighted by Gasteiger charge is -2.13. The number of nitrogens with zero attached hydrogens (tertiary/aromatic N) is 1. The van der Waals surface area contributed by atoms with Crippen molar-refractivity contribution < 1.29 is 9.21 Å². The van der Waals surface area contributed by atoms with Crippen molar-refractivity contribution in [2.24, 2.45) is 0 Å². The van der Waals surface area contributed by atoms with E-state index in [1.807, 2.05) is 68.4 Å². The molecule has 1 aromatic heterocycles. The Hall–Kier alpha value is -3.12. The summed E-state index contributed by atoms with van der Waals surface area (Å²) in [6.07, 6.45) is 0. The monoisotopic (exact) mass is 393 g/mol. The fourth-order valence-corrected chi connectivity index (χ4v) is 2.89. The molecule has 0 aliphatic carbocycles. The minimum absolute atomic E-state index is 0.209. The van der Waals surface area contributed by atoms with Crippen molar-refractivity contribution in [3.05, 3.63) is 71.5 Å². The minimum atomic E-state index is -0.391. The number of aryl methyl sites for hydroxylation is 2. The third-order valence-corrected chi connectivity index (χ3v) is 4.69. The van der Waals surface area contributed by atoms with Crippen LogP contribution >= 0.6 is 12.2 Å². The molecule has 0 saturated carbocycles. The average molecular weight is 394 g/mol. The SMILES string of the molecule is Cc1ccc(-c2ccc(C(=O)NC(=S)Nc3ccc(N(C)C)cc3)o2)cc1C. The van der Waals surface area contributed by atoms with Gasteiger partial charge in [-0.2, -0.15) is 0 Å². The van der Waals surface area contributed by atoms with Gasteiger partial charge in [-0.3, -0.25) is 10.1 Å². The molecule has 0 aliphatic rings. The Morgan fingerprint density at radius 3 is 2.32 bits per heavy atom. The predicted octanol–water partition coefficient (Wildman–Crippen LogP) is 4.76. The molecule has 0 unspecified atom stereocenters. The summed E-state index contributed by atoms with van der Waals surface area (Å²) in [5, 5.41) is 5.86. The van der Waals surface area contributed by atoms with E-state index < -0.39 is 5.91 Å². The van der Waals surface area contributed by atoms with Crippen LogP contribution in [-0.2, 0) is 0 Å². The van der Waals surface area contributed by atoms with Crippen molar-refractivity contribution in [1.82, 2.24) is 5.32 Å². The van der Waals surface area contributed by atoms with Gasteiger partial charge in [0.05, 0.1) is 0 Å². The van der Waals surface area contributed by atoms with Crippen LogP contribution in [0.4, 0.5) is 11.4 Å². The zero-order chi connectivity index (χ0) is 20.3. The lowest BCUT2D eigenvalue weighted by atomic mass is 10.1. The third kappa shape index (κ3) is 4.58. The van der Waals surface area contributed by atoms with Crippen molar-refractivity contribution in [3.8, 4) is 11.3 Å². The summed E-state index contributed by atoms with van der Waals surface area (Å²) in [4.78, 5) is 14.4. The van der Waals surface area contributed by atoms with Gasteiger partial charge < -0.3 is 14.6 Å². The van der Waals surface area contributed by atoms with E-state index in [1.165, 1.54) is 11.1 Å². The smallest absolute Gasteiger partial charge is 0.293 e. The fraction of sp³-hybridized carbons (Fsp3) is 0.182. The Balaban J connectivity index is 1.63. The number of amides is 1. The first kappa shape index (κ1) is 19.6. The first-order chi connectivity index (χ1) is 13.3. The molecule has 28 heavy (non-hydrogen) atoms. The molecule has 0 radical (unpaired) electrons. The number of benzene rings is 2.